The first-order valence-corrected chi connectivity index (χ1v) is 10.7. The highest BCUT2D eigenvalue weighted by Crippen LogP contribution is 2.43. The summed E-state index contributed by atoms with van der Waals surface area (Å²) in [7, 11) is 0. The van der Waals surface area contributed by atoms with Crippen LogP contribution in [-0.2, 0) is 11.2 Å². The summed E-state index contributed by atoms with van der Waals surface area (Å²) >= 11 is 0. The van der Waals surface area contributed by atoms with Crippen LogP contribution in [0.5, 0.6) is 5.75 Å². The second-order valence-electron chi connectivity index (χ2n) is 7.94. The first-order valence-electron chi connectivity index (χ1n) is 10.7. The summed E-state index contributed by atoms with van der Waals surface area (Å²) in [4.78, 5) is 10.6. The summed E-state index contributed by atoms with van der Waals surface area (Å²) in [5, 5.41) is 0. The first kappa shape index (κ1) is 20.7. The number of allylic oxidation sites excluding steroid dienone is 1. The quantitative estimate of drug-likeness (QED) is 0.586. The molecule has 0 atom stereocenters. The molecule has 32 heavy (non-hydrogen) atoms. The zero-order valence-electron chi connectivity index (χ0n) is 17.6. The lowest BCUT2D eigenvalue weighted by Crippen LogP contribution is -2.38. The van der Waals surface area contributed by atoms with Crippen molar-refractivity contribution in [3.8, 4) is 5.75 Å². The fraction of sp³-hybridized carbons (Fsp3) is 0.280. The molecule has 1 saturated heterocycles. The van der Waals surface area contributed by atoms with Gasteiger partial charge in [0.15, 0.2) is 0 Å². The van der Waals surface area contributed by atoms with Crippen LogP contribution in [0, 0.1) is 11.6 Å². The van der Waals surface area contributed by atoms with Crippen molar-refractivity contribution in [1.29, 1.82) is 0 Å². The van der Waals surface area contributed by atoms with Gasteiger partial charge in [0.05, 0.1) is 13.2 Å². The number of aromatic nitrogens is 2. The molecule has 1 fully saturated rings. The predicted octanol–water partition coefficient (Wildman–Crippen LogP) is 3.98. The molecule has 0 saturated carbocycles. The van der Waals surface area contributed by atoms with E-state index in [1.807, 2.05) is 18.2 Å². The monoisotopic (exact) mass is 435 g/mol. The van der Waals surface area contributed by atoms with Crippen molar-refractivity contribution >= 4 is 11.1 Å². The number of nitrogens with zero attached hydrogens (tertiary/aromatic N) is 3. The number of hydrogen-bond acceptors (Lipinski definition) is 5. The average molecular weight is 435 g/mol. The highest BCUT2D eigenvalue weighted by Gasteiger charge is 2.25. The van der Waals surface area contributed by atoms with Crippen molar-refractivity contribution in [3.05, 3.63) is 89.0 Å². The molecule has 1 aromatic heterocycles. The van der Waals surface area contributed by atoms with Crippen molar-refractivity contribution < 1.29 is 18.3 Å². The van der Waals surface area contributed by atoms with Gasteiger partial charge in [0.25, 0.3) is 0 Å². The molecular weight excluding hydrogens is 412 g/mol. The van der Waals surface area contributed by atoms with Crippen molar-refractivity contribution in [3.63, 3.8) is 0 Å². The average Bonchev–Trinajstić information content (AvgIpc) is 3.19. The molecule has 164 valence electrons. The van der Waals surface area contributed by atoms with Gasteiger partial charge < -0.3 is 9.47 Å². The van der Waals surface area contributed by atoms with Gasteiger partial charge in [-0.25, -0.2) is 18.7 Å². The van der Waals surface area contributed by atoms with E-state index in [9.17, 15) is 8.78 Å². The molecule has 3 aromatic rings. The van der Waals surface area contributed by atoms with Crippen molar-refractivity contribution in [2.24, 2.45) is 0 Å². The summed E-state index contributed by atoms with van der Waals surface area (Å²) in [6.07, 6.45) is 5.53. The SMILES string of the molecule is Fc1cc(F)cc(C2=C(c3cncnc3)Cc3cc(OCCN4CCOCC4)ccc32)c1. The van der Waals surface area contributed by atoms with Crippen molar-refractivity contribution in [2.45, 2.75) is 6.42 Å². The first-order chi connectivity index (χ1) is 15.7. The van der Waals surface area contributed by atoms with E-state index in [4.69, 9.17) is 9.47 Å². The normalized spacial score (nSPS) is 16.3. The van der Waals surface area contributed by atoms with Gasteiger partial charge in [-0.3, -0.25) is 4.90 Å². The van der Waals surface area contributed by atoms with Crippen LogP contribution in [-0.4, -0.2) is 54.3 Å². The van der Waals surface area contributed by atoms with E-state index in [0.29, 0.717) is 18.6 Å². The van der Waals surface area contributed by atoms with Crippen LogP contribution in [0.25, 0.3) is 11.1 Å². The molecule has 2 aromatic carbocycles. The van der Waals surface area contributed by atoms with Gasteiger partial charge in [0.2, 0.25) is 0 Å². The number of benzene rings is 2. The third kappa shape index (κ3) is 4.40. The van der Waals surface area contributed by atoms with Gasteiger partial charge in [-0.15, -0.1) is 0 Å². The highest BCUT2D eigenvalue weighted by atomic mass is 19.1. The van der Waals surface area contributed by atoms with Crippen LogP contribution in [0.3, 0.4) is 0 Å². The smallest absolute Gasteiger partial charge is 0.126 e. The minimum atomic E-state index is -0.604. The van der Waals surface area contributed by atoms with Gasteiger partial charge in [-0.1, -0.05) is 6.07 Å². The molecule has 0 radical (unpaired) electrons. The molecule has 0 amide bonds. The Morgan fingerprint density at radius 1 is 0.938 bits per heavy atom. The topological polar surface area (TPSA) is 47.5 Å². The van der Waals surface area contributed by atoms with Crippen LogP contribution >= 0.6 is 0 Å². The van der Waals surface area contributed by atoms with E-state index < -0.39 is 11.6 Å². The summed E-state index contributed by atoms with van der Waals surface area (Å²) in [5.74, 6) is -0.423. The summed E-state index contributed by atoms with van der Waals surface area (Å²) in [6, 6.07) is 9.51. The Hall–Kier alpha value is -3.16. The molecule has 0 bridgehead atoms. The maximum Gasteiger partial charge on any atom is 0.126 e. The van der Waals surface area contributed by atoms with Gasteiger partial charge >= 0.3 is 0 Å². The fourth-order valence-corrected chi connectivity index (χ4v) is 4.34. The molecule has 5 nitrogen and oxygen atoms in total. The van der Waals surface area contributed by atoms with Crippen molar-refractivity contribution in [1.82, 2.24) is 14.9 Å². The van der Waals surface area contributed by atoms with E-state index in [1.54, 1.807) is 12.4 Å². The standard InChI is InChI=1S/C25H23F2N3O2/c26-20-9-18(10-21(27)13-20)25-23-2-1-22(32-8-5-30-3-6-31-7-4-30)11-17(23)12-24(25)19-14-28-16-29-15-19/h1-2,9-11,13-16H,3-8,12H2. The Labute approximate surface area is 185 Å². The van der Waals surface area contributed by atoms with Crippen LogP contribution in [0.2, 0.25) is 0 Å². The molecule has 0 N–H and O–H groups in total. The number of halogens is 2. The third-order valence-electron chi connectivity index (χ3n) is 5.86. The largest absolute Gasteiger partial charge is 0.492 e. The lowest BCUT2D eigenvalue weighted by molar-refractivity contribution is 0.0322. The van der Waals surface area contributed by atoms with E-state index >= 15 is 0 Å². The Kier molecular flexibility index (Phi) is 5.92. The minimum absolute atomic E-state index is 0.501. The summed E-state index contributed by atoms with van der Waals surface area (Å²) < 4.78 is 39.4. The molecule has 7 heteroatoms. The molecule has 1 aliphatic heterocycles. The van der Waals surface area contributed by atoms with Gasteiger partial charge in [0.1, 0.15) is 30.3 Å². The molecule has 0 spiro atoms. The zero-order chi connectivity index (χ0) is 21.9. The third-order valence-corrected chi connectivity index (χ3v) is 5.86. The zero-order valence-corrected chi connectivity index (χ0v) is 17.6. The number of ether oxygens (including phenoxy) is 2. The second-order valence-corrected chi connectivity index (χ2v) is 7.94. The molecule has 2 aliphatic rings. The number of rotatable bonds is 6. The predicted molar refractivity (Wildman–Crippen MR) is 117 cm³/mol. The maximum atomic E-state index is 14.0. The van der Waals surface area contributed by atoms with Crippen LogP contribution < -0.4 is 4.74 Å². The minimum Gasteiger partial charge on any atom is -0.492 e. The Balaban J connectivity index is 1.43. The van der Waals surface area contributed by atoms with E-state index in [2.05, 4.69) is 14.9 Å². The van der Waals surface area contributed by atoms with Gasteiger partial charge in [0, 0.05) is 43.7 Å². The summed E-state index contributed by atoms with van der Waals surface area (Å²) in [5.41, 5.74) is 5.06. The molecule has 0 unspecified atom stereocenters. The van der Waals surface area contributed by atoms with Crippen molar-refractivity contribution in [2.75, 3.05) is 39.5 Å². The van der Waals surface area contributed by atoms with Crippen LogP contribution in [0.1, 0.15) is 22.3 Å². The van der Waals surface area contributed by atoms with Gasteiger partial charge in [-0.05, 0) is 58.5 Å². The Morgan fingerprint density at radius 2 is 1.69 bits per heavy atom. The Morgan fingerprint density at radius 3 is 2.44 bits per heavy atom. The fourth-order valence-electron chi connectivity index (χ4n) is 4.34. The van der Waals surface area contributed by atoms with E-state index in [0.717, 1.165) is 72.5 Å². The second kappa shape index (κ2) is 9.14. The van der Waals surface area contributed by atoms with E-state index in [-0.39, 0.29) is 0 Å². The number of morpholine rings is 1. The Bertz CT molecular complexity index is 1120. The number of hydrogen-bond donors (Lipinski definition) is 0. The molecule has 1 aliphatic carbocycles. The van der Waals surface area contributed by atoms with Crippen LogP contribution in [0.15, 0.2) is 55.1 Å². The highest BCUT2D eigenvalue weighted by molar-refractivity contribution is 6.03. The van der Waals surface area contributed by atoms with E-state index in [1.165, 1.54) is 18.5 Å². The maximum absolute atomic E-state index is 14.0. The van der Waals surface area contributed by atoms with Gasteiger partial charge in [-0.2, -0.15) is 0 Å². The lowest BCUT2D eigenvalue weighted by Gasteiger charge is -2.26. The molecule has 5 rings (SSSR count). The summed E-state index contributed by atoms with van der Waals surface area (Å²) in [6.45, 7) is 4.81. The molecular formula is C25H23F2N3O2. The molecule has 2 heterocycles. The lowest BCUT2D eigenvalue weighted by atomic mass is 9.95. The van der Waals surface area contributed by atoms with Crippen LogP contribution in [0.4, 0.5) is 8.78 Å². The number of fused-ring (bicyclic) bond motifs is 1.